The van der Waals surface area contributed by atoms with Crippen molar-refractivity contribution in [2.45, 2.75) is 26.2 Å². The number of carboxylic acids is 1. The summed E-state index contributed by atoms with van der Waals surface area (Å²) in [5.41, 5.74) is 2.88. The van der Waals surface area contributed by atoms with Crippen LogP contribution in [0.3, 0.4) is 0 Å². The van der Waals surface area contributed by atoms with Gasteiger partial charge in [-0.25, -0.2) is 4.79 Å². The number of carboxylic acid groups (broad SMARTS) is 1. The molecule has 3 rings (SSSR count). The van der Waals surface area contributed by atoms with Crippen molar-refractivity contribution in [3.63, 3.8) is 0 Å². The molecule has 0 radical (unpaired) electrons. The van der Waals surface area contributed by atoms with E-state index in [2.05, 4.69) is 0 Å². The van der Waals surface area contributed by atoms with E-state index in [0.29, 0.717) is 5.92 Å². The molecule has 0 aliphatic carbocycles. The molecule has 1 aromatic heterocycles. The highest BCUT2D eigenvalue weighted by Crippen LogP contribution is 2.23. The lowest BCUT2D eigenvalue weighted by atomic mass is 9.92. The van der Waals surface area contributed by atoms with Crippen molar-refractivity contribution >= 4 is 11.9 Å². The third kappa shape index (κ3) is 4.24. The molecule has 1 N–H and O–H groups in total. The van der Waals surface area contributed by atoms with E-state index in [1.165, 1.54) is 0 Å². The Morgan fingerprint density at radius 1 is 1.16 bits per heavy atom. The third-order valence-electron chi connectivity index (χ3n) is 4.77. The molecule has 0 spiro atoms. The molecule has 2 aromatic rings. The number of amides is 1. The largest absolute Gasteiger partial charge is 0.478 e. The Balaban J connectivity index is 1.71. The van der Waals surface area contributed by atoms with Crippen LogP contribution in [0, 0.1) is 5.92 Å². The molecule has 0 unspecified atom stereocenters. The minimum absolute atomic E-state index is 0.150. The van der Waals surface area contributed by atoms with E-state index in [-0.39, 0.29) is 11.5 Å². The Morgan fingerprint density at radius 3 is 2.56 bits per heavy atom. The van der Waals surface area contributed by atoms with Gasteiger partial charge in [0.15, 0.2) is 0 Å². The van der Waals surface area contributed by atoms with Crippen molar-refractivity contribution in [2.75, 3.05) is 13.1 Å². The van der Waals surface area contributed by atoms with Crippen LogP contribution in [-0.4, -0.2) is 40.0 Å². The molecule has 1 amide bonds. The van der Waals surface area contributed by atoms with Crippen LogP contribution in [-0.2, 0) is 11.2 Å². The first kappa shape index (κ1) is 17.1. The zero-order chi connectivity index (χ0) is 17.8. The summed E-state index contributed by atoms with van der Waals surface area (Å²) in [6, 6.07) is 12.7. The first-order valence-electron chi connectivity index (χ1n) is 8.58. The second-order valence-corrected chi connectivity index (χ2v) is 6.55. The fraction of sp³-hybridized carbons (Fsp3) is 0.350. The van der Waals surface area contributed by atoms with E-state index in [1.54, 1.807) is 25.1 Å². The average molecular weight is 338 g/mol. The summed E-state index contributed by atoms with van der Waals surface area (Å²) in [5, 5.41) is 9.14. The topological polar surface area (TPSA) is 70.5 Å². The van der Waals surface area contributed by atoms with Crippen molar-refractivity contribution in [3.05, 3.63) is 53.7 Å². The van der Waals surface area contributed by atoms with E-state index in [0.717, 1.165) is 49.3 Å². The molecule has 0 atom stereocenters. The maximum Gasteiger partial charge on any atom is 0.335 e. The van der Waals surface area contributed by atoms with Crippen molar-refractivity contribution in [1.29, 1.82) is 0 Å². The molecule has 1 fully saturated rings. The number of likely N-dealkylation sites (tertiary alicyclic amines) is 1. The van der Waals surface area contributed by atoms with Crippen molar-refractivity contribution in [3.8, 4) is 11.3 Å². The number of aromatic nitrogens is 1. The quantitative estimate of drug-likeness (QED) is 0.929. The number of carbonyl (C=O) groups excluding carboxylic acids is 1. The Kier molecular flexibility index (Phi) is 5.12. The second-order valence-electron chi connectivity index (χ2n) is 6.55. The summed E-state index contributed by atoms with van der Waals surface area (Å²) in [6.07, 6.45) is 2.89. The molecule has 5 heteroatoms. The SMILES string of the molecule is CC(=O)N1CCC(Cc2cccc(-c3cccc(C(=O)O)c3)n2)CC1. The standard InChI is InChI=1S/C20H22N2O3/c1-14(23)22-10-8-15(9-11-22)12-18-6-3-7-19(21-18)16-4-2-5-17(13-16)20(24)25/h2-7,13,15H,8-12H2,1H3,(H,24,25). The zero-order valence-corrected chi connectivity index (χ0v) is 14.3. The summed E-state index contributed by atoms with van der Waals surface area (Å²) >= 11 is 0. The van der Waals surface area contributed by atoms with Gasteiger partial charge in [-0.3, -0.25) is 9.78 Å². The van der Waals surface area contributed by atoms with Crippen LogP contribution < -0.4 is 0 Å². The van der Waals surface area contributed by atoms with Crippen LogP contribution in [0.15, 0.2) is 42.5 Å². The minimum atomic E-state index is -0.935. The molecule has 130 valence electrons. The van der Waals surface area contributed by atoms with E-state index in [9.17, 15) is 9.59 Å². The summed E-state index contributed by atoms with van der Waals surface area (Å²) in [6.45, 7) is 3.26. The van der Waals surface area contributed by atoms with Gasteiger partial charge in [0.25, 0.3) is 0 Å². The predicted molar refractivity (Wildman–Crippen MR) is 95.3 cm³/mol. The first-order chi connectivity index (χ1) is 12.0. The Bertz CT molecular complexity index is 780. The molecule has 2 heterocycles. The first-order valence-corrected chi connectivity index (χ1v) is 8.58. The molecule has 5 nitrogen and oxygen atoms in total. The summed E-state index contributed by atoms with van der Waals surface area (Å²) < 4.78 is 0. The van der Waals surface area contributed by atoms with Crippen LogP contribution in [0.25, 0.3) is 11.3 Å². The molecule has 1 saturated heterocycles. The maximum atomic E-state index is 11.4. The normalized spacial score (nSPS) is 15.2. The number of rotatable bonds is 4. The predicted octanol–water partition coefficient (Wildman–Crippen LogP) is 3.25. The lowest BCUT2D eigenvalue weighted by Gasteiger charge is -2.31. The number of piperidine rings is 1. The van der Waals surface area contributed by atoms with Gasteiger partial charge in [0.2, 0.25) is 5.91 Å². The van der Waals surface area contributed by atoms with Gasteiger partial charge in [0.05, 0.1) is 11.3 Å². The highest BCUT2D eigenvalue weighted by atomic mass is 16.4. The second kappa shape index (κ2) is 7.47. The number of benzene rings is 1. The van der Waals surface area contributed by atoms with Gasteiger partial charge in [-0.05, 0) is 49.4 Å². The van der Waals surface area contributed by atoms with Crippen LogP contribution in [0.1, 0.15) is 35.8 Å². The average Bonchev–Trinajstić information content (AvgIpc) is 2.62. The maximum absolute atomic E-state index is 11.4. The van der Waals surface area contributed by atoms with E-state index >= 15 is 0 Å². The van der Waals surface area contributed by atoms with Crippen molar-refractivity contribution in [2.24, 2.45) is 5.92 Å². The molecular weight excluding hydrogens is 316 g/mol. The molecule has 0 saturated carbocycles. The summed E-state index contributed by atoms with van der Waals surface area (Å²) in [7, 11) is 0. The van der Waals surface area contributed by atoms with Gasteiger partial charge in [0.1, 0.15) is 0 Å². The van der Waals surface area contributed by atoms with E-state index < -0.39 is 5.97 Å². The van der Waals surface area contributed by atoms with Crippen LogP contribution in [0.2, 0.25) is 0 Å². The van der Waals surface area contributed by atoms with Crippen LogP contribution in [0.5, 0.6) is 0 Å². The monoisotopic (exact) mass is 338 g/mol. The van der Waals surface area contributed by atoms with Gasteiger partial charge in [-0.1, -0.05) is 18.2 Å². The number of nitrogens with zero attached hydrogens (tertiary/aromatic N) is 2. The van der Waals surface area contributed by atoms with Gasteiger partial charge in [-0.15, -0.1) is 0 Å². The van der Waals surface area contributed by atoms with Gasteiger partial charge >= 0.3 is 5.97 Å². The van der Waals surface area contributed by atoms with E-state index in [1.807, 2.05) is 29.2 Å². The van der Waals surface area contributed by atoms with Crippen molar-refractivity contribution < 1.29 is 14.7 Å². The molecule has 25 heavy (non-hydrogen) atoms. The van der Waals surface area contributed by atoms with Gasteiger partial charge < -0.3 is 10.0 Å². The van der Waals surface area contributed by atoms with Crippen LogP contribution in [0.4, 0.5) is 0 Å². The Morgan fingerprint density at radius 2 is 1.88 bits per heavy atom. The summed E-state index contributed by atoms with van der Waals surface area (Å²) in [5.74, 6) is -0.254. The number of carbonyl (C=O) groups is 2. The fourth-order valence-electron chi connectivity index (χ4n) is 3.31. The molecule has 1 aliphatic heterocycles. The molecule has 0 bridgehead atoms. The number of pyridine rings is 1. The lowest BCUT2D eigenvalue weighted by Crippen LogP contribution is -2.37. The highest BCUT2D eigenvalue weighted by molar-refractivity contribution is 5.89. The van der Waals surface area contributed by atoms with E-state index in [4.69, 9.17) is 10.1 Å². The number of hydrogen-bond acceptors (Lipinski definition) is 3. The third-order valence-corrected chi connectivity index (χ3v) is 4.77. The van der Waals surface area contributed by atoms with Crippen molar-refractivity contribution in [1.82, 2.24) is 9.88 Å². The lowest BCUT2D eigenvalue weighted by molar-refractivity contribution is -0.130. The Hall–Kier alpha value is -2.69. The van der Waals surface area contributed by atoms with Crippen LogP contribution >= 0.6 is 0 Å². The molecule has 1 aromatic carbocycles. The zero-order valence-electron chi connectivity index (χ0n) is 14.3. The molecular formula is C20H22N2O3. The number of aromatic carboxylic acids is 1. The van der Waals surface area contributed by atoms with Gasteiger partial charge in [-0.2, -0.15) is 0 Å². The molecule has 1 aliphatic rings. The Labute approximate surface area is 147 Å². The smallest absolute Gasteiger partial charge is 0.335 e. The fourth-order valence-corrected chi connectivity index (χ4v) is 3.31. The van der Waals surface area contributed by atoms with Gasteiger partial charge in [0, 0.05) is 31.3 Å². The minimum Gasteiger partial charge on any atom is -0.478 e. The number of hydrogen-bond donors (Lipinski definition) is 1. The summed E-state index contributed by atoms with van der Waals surface area (Å²) in [4.78, 5) is 29.2. The highest BCUT2D eigenvalue weighted by Gasteiger charge is 2.21.